The third-order valence-corrected chi connectivity index (χ3v) is 2.62. The monoisotopic (exact) mass is 190 g/mol. The fourth-order valence-electron chi connectivity index (χ4n) is 1.72. The van der Waals surface area contributed by atoms with Crippen LogP contribution in [0.2, 0.25) is 0 Å². The van der Waals surface area contributed by atoms with E-state index in [9.17, 15) is 4.79 Å². The van der Waals surface area contributed by atoms with E-state index in [-0.39, 0.29) is 11.9 Å². The second-order valence-electron chi connectivity index (χ2n) is 3.66. The second kappa shape index (κ2) is 3.42. The van der Waals surface area contributed by atoms with Gasteiger partial charge in [0.2, 0.25) is 5.91 Å². The molecule has 3 nitrogen and oxygen atoms in total. The molecule has 14 heavy (non-hydrogen) atoms. The van der Waals surface area contributed by atoms with E-state index in [1.165, 1.54) is 0 Å². The van der Waals surface area contributed by atoms with Crippen LogP contribution in [0.25, 0.3) is 0 Å². The van der Waals surface area contributed by atoms with Crippen LogP contribution >= 0.6 is 0 Å². The van der Waals surface area contributed by atoms with Crippen molar-refractivity contribution < 1.29 is 4.79 Å². The summed E-state index contributed by atoms with van der Waals surface area (Å²) in [6, 6.07) is 6.03. The number of fused-ring (bicyclic) bond motifs is 1. The van der Waals surface area contributed by atoms with Crippen molar-refractivity contribution in [3.8, 4) is 0 Å². The molecule has 0 saturated carbocycles. The Labute approximate surface area is 83.3 Å². The summed E-state index contributed by atoms with van der Waals surface area (Å²) < 4.78 is 0. The summed E-state index contributed by atoms with van der Waals surface area (Å²) in [5, 5.41) is 2.80. The van der Waals surface area contributed by atoms with E-state index in [1.807, 2.05) is 18.2 Å². The Hall–Kier alpha value is -1.35. The van der Waals surface area contributed by atoms with Gasteiger partial charge < -0.3 is 11.1 Å². The van der Waals surface area contributed by atoms with Gasteiger partial charge in [-0.25, -0.2) is 0 Å². The van der Waals surface area contributed by atoms with Gasteiger partial charge in [-0.3, -0.25) is 4.79 Å². The minimum absolute atomic E-state index is 0.0715. The van der Waals surface area contributed by atoms with E-state index in [0.29, 0.717) is 6.42 Å². The molecular formula is C11H14N2O. The van der Waals surface area contributed by atoms with E-state index in [2.05, 4.69) is 12.2 Å². The first-order valence-corrected chi connectivity index (χ1v) is 4.89. The molecule has 3 heteroatoms. The van der Waals surface area contributed by atoms with Gasteiger partial charge in [0.15, 0.2) is 0 Å². The normalized spacial score (nSPS) is 16.3. The lowest BCUT2D eigenvalue weighted by Crippen LogP contribution is -2.08. The molecule has 1 aliphatic rings. The fraction of sp³-hybridized carbons (Fsp3) is 0.364. The molecule has 74 valence electrons. The number of carbonyl (C=O) groups is 1. The first-order valence-electron chi connectivity index (χ1n) is 4.89. The maximum absolute atomic E-state index is 11.1. The highest BCUT2D eigenvalue weighted by Gasteiger charge is 2.18. The Morgan fingerprint density at radius 3 is 3.07 bits per heavy atom. The molecule has 1 amide bonds. The average molecular weight is 190 g/mol. The Kier molecular flexibility index (Phi) is 2.25. The van der Waals surface area contributed by atoms with Crippen LogP contribution in [0.3, 0.4) is 0 Å². The molecule has 1 aromatic rings. The van der Waals surface area contributed by atoms with Crippen LogP contribution < -0.4 is 11.1 Å². The van der Waals surface area contributed by atoms with Crippen LogP contribution in [0.1, 0.15) is 30.5 Å². The molecular weight excluding hydrogens is 176 g/mol. The highest BCUT2D eigenvalue weighted by atomic mass is 16.1. The topological polar surface area (TPSA) is 55.1 Å². The van der Waals surface area contributed by atoms with Gasteiger partial charge in [0.25, 0.3) is 0 Å². The van der Waals surface area contributed by atoms with Gasteiger partial charge in [0.1, 0.15) is 0 Å². The first-order chi connectivity index (χ1) is 6.70. The number of benzene rings is 1. The average Bonchev–Trinajstić information content (AvgIpc) is 2.55. The van der Waals surface area contributed by atoms with Crippen LogP contribution in [-0.4, -0.2) is 5.91 Å². The molecule has 2 rings (SSSR count). The summed E-state index contributed by atoms with van der Waals surface area (Å²) in [5.74, 6) is 0.0715. The number of hydrogen-bond acceptors (Lipinski definition) is 2. The quantitative estimate of drug-likeness (QED) is 0.744. The van der Waals surface area contributed by atoms with Crippen LogP contribution in [0.4, 0.5) is 5.69 Å². The Bertz CT molecular complexity index is 374. The predicted molar refractivity (Wildman–Crippen MR) is 56.0 cm³/mol. The van der Waals surface area contributed by atoms with E-state index in [0.717, 1.165) is 23.2 Å². The minimum atomic E-state index is 0.0715. The molecule has 0 saturated heterocycles. The maximum Gasteiger partial charge on any atom is 0.228 e. The van der Waals surface area contributed by atoms with Crippen molar-refractivity contribution in [3.05, 3.63) is 29.3 Å². The lowest BCUT2D eigenvalue weighted by molar-refractivity contribution is -0.115. The molecule has 0 spiro atoms. The van der Waals surface area contributed by atoms with Gasteiger partial charge >= 0.3 is 0 Å². The summed E-state index contributed by atoms with van der Waals surface area (Å²) in [4.78, 5) is 11.1. The molecule has 1 atom stereocenters. The van der Waals surface area contributed by atoms with Gasteiger partial charge in [0.05, 0.1) is 6.42 Å². The zero-order valence-electron chi connectivity index (χ0n) is 8.21. The number of carbonyl (C=O) groups excluding carboxylic acids is 1. The Balaban J connectivity index is 2.32. The molecule has 0 bridgehead atoms. The van der Waals surface area contributed by atoms with E-state index in [1.54, 1.807) is 0 Å². The largest absolute Gasteiger partial charge is 0.326 e. The third kappa shape index (κ3) is 1.51. The number of rotatable bonds is 2. The van der Waals surface area contributed by atoms with Crippen LogP contribution in [0, 0.1) is 0 Å². The van der Waals surface area contributed by atoms with Crippen LogP contribution in [-0.2, 0) is 11.2 Å². The van der Waals surface area contributed by atoms with Gasteiger partial charge in [-0.2, -0.15) is 0 Å². The standard InChI is InChI=1S/C11H14N2O/c1-2-9(12)7-3-4-10-8(5-7)6-11(14)13-10/h3-5,9H,2,6,12H2,1H3,(H,13,14). The number of hydrogen-bond donors (Lipinski definition) is 2. The predicted octanol–water partition coefficient (Wildman–Crippen LogP) is 1.59. The zero-order valence-corrected chi connectivity index (χ0v) is 8.21. The third-order valence-electron chi connectivity index (χ3n) is 2.62. The van der Waals surface area contributed by atoms with Crippen molar-refractivity contribution in [1.29, 1.82) is 0 Å². The highest BCUT2D eigenvalue weighted by molar-refractivity contribution is 5.99. The van der Waals surface area contributed by atoms with Gasteiger partial charge in [-0.1, -0.05) is 19.1 Å². The van der Waals surface area contributed by atoms with E-state index < -0.39 is 0 Å². The molecule has 1 aromatic carbocycles. The van der Waals surface area contributed by atoms with Crippen molar-refractivity contribution in [1.82, 2.24) is 0 Å². The van der Waals surface area contributed by atoms with Gasteiger partial charge in [-0.05, 0) is 23.6 Å². The number of nitrogens with one attached hydrogen (secondary N) is 1. The number of nitrogens with two attached hydrogens (primary N) is 1. The minimum Gasteiger partial charge on any atom is -0.326 e. The van der Waals surface area contributed by atoms with Crippen molar-refractivity contribution in [2.75, 3.05) is 5.32 Å². The van der Waals surface area contributed by atoms with Crippen molar-refractivity contribution in [2.24, 2.45) is 5.73 Å². The molecule has 0 aromatic heterocycles. The molecule has 0 aliphatic carbocycles. The lowest BCUT2D eigenvalue weighted by atomic mass is 10.0. The molecule has 0 fully saturated rings. The lowest BCUT2D eigenvalue weighted by Gasteiger charge is -2.10. The van der Waals surface area contributed by atoms with Crippen molar-refractivity contribution in [2.45, 2.75) is 25.8 Å². The molecule has 0 radical (unpaired) electrons. The van der Waals surface area contributed by atoms with Gasteiger partial charge in [0, 0.05) is 11.7 Å². The van der Waals surface area contributed by atoms with Crippen molar-refractivity contribution >= 4 is 11.6 Å². The Morgan fingerprint density at radius 2 is 2.36 bits per heavy atom. The molecule has 1 heterocycles. The molecule has 1 aliphatic heterocycles. The summed E-state index contributed by atoms with van der Waals surface area (Å²) in [5.41, 5.74) is 9.03. The zero-order chi connectivity index (χ0) is 10.1. The van der Waals surface area contributed by atoms with Crippen molar-refractivity contribution in [3.63, 3.8) is 0 Å². The fourth-order valence-corrected chi connectivity index (χ4v) is 1.72. The summed E-state index contributed by atoms with van der Waals surface area (Å²) in [7, 11) is 0. The SMILES string of the molecule is CCC(N)c1ccc2c(c1)CC(=O)N2. The highest BCUT2D eigenvalue weighted by Crippen LogP contribution is 2.26. The summed E-state index contributed by atoms with van der Waals surface area (Å²) in [6.07, 6.45) is 1.40. The van der Waals surface area contributed by atoms with Crippen LogP contribution in [0.5, 0.6) is 0 Å². The summed E-state index contributed by atoms with van der Waals surface area (Å²) >= 11 is 0. The smallest absolute Gasteiger partial charge is 0.228 e. The maximum atomic E-state index is 11.1. The number of anilines is 1. The first kappa shape index (κ1) is 9.21. The number of amides is 1. The Morgan fingerprint density at radius 1 is 1.57 bits per heavy atom. The molecule has 1 unspecified atom stereocenters. The second-order valence-corrected chi connectivity index (χ2v) is 3.66. The van der Waals surface area contributed by atoms with E-state index >= 15 is 0 Å². The molecule has 3 N–H and O–H groups in total. The summed E-state index contributed by atoms with van der Waals surface area (Å²) in [6.45, 7) is 2.06. The van der Waals surface area contributed by atoms with E-state index in [4.69, 9.17) is 5.73 Å². The van der Waals surface area contributed by atoms with Crippen LogP contribution in [0.15, 0.2) is 18.2 Å². The van der Waals surface area contributed by atoms with Gasteiger partial charge in [-0.15, -0.1) is 0 Å².